The van der Waals surface area contributed by atoms with E-state index in [4.69, 9.17) is 14.6 Å². The van der Waals surface area contributed by atoms with Gasteiger partial charge in [-0.2, -0.15) is 0 Å². The first-order chi connectivity index (χ1) is 5.25. The summed E-state index contributed by atoms with van der Waals surface area (Å²) in [4.78, 5) is 0. The third-order valence-corrected chi connectivity index (χ3v) is 1.54. The van der Waals surface area contributed by atoms with Gasteiger partial charge in [0.2, 0.25) is 0 Å². The van der Waals surface area contributed by atoms with Crippen molar-refractivity contribution in [3.8, 4) is 0 Å². The molecule has 0 bridgehead atoms. The lowest BCUT2D eigenvalue weighted by molar-refractivity contribution is 0.167. The fourth-order valence-electron chi connectivity index (χ4n) is 1.04. The third-order valence-electron chi connectivity index (χ3n) is 1.54. The number of hydrogen-bond donors (Lipinski definition) is 2. The van der Waals surface area contributed by atoms with Gasteiger partial charge in [0.25, 0.3) is 0 Å². The van der Waals surface area contributed by atoms with Gasteiger partial charge in [0.15, 0.2) is 0 Å². The van der Waals surface area contributed by atoms with E-state index in [-0.39, 0.29) is 6.61 Å². The van der Waals surface area contributed by atoms with Crippen LogP contribution in [0.3, 0.4) is 0 Å². The fraction of sp³-hybridized carbons (Fsp3) is 0.500. The van der Waals surface area contributed by atoms with Crippen LogP contribution in [0.1, 0.15) is 24.4 Å². The van der Waals surface area contributed by atoms with Gasteiger partial charge in [-0.05, 0) is 25.0 Å². The summed E-state index contributed by atoms with van der Waals surface area (Å²) >= 11 is 0. The Kier molecular flexibility index (Phi) is 2.68. The van der Waals surface area contributed by atoms with Crippen LogP contribution >= 0.6 is 0 Å². The normalized spacial score (nSPS) is 13.4. The Morgan fingerprint density at radius 1 is 1.64 bits per heavy atom. The van der Waals surface area contributed by atoms with E-state index in [2.05, 4.69) is 0 Å². The maximum absolute atomic E-state index is 9.14. The molecular weight excluding hydrogens is 144 g/mol. The molecule has 0 saturated heterocycles. The predicted octanol–water partition coefficient (Wildman–Crippen LogP) is 0.868. The van der Waals surface area contributed by atoms with E-state index in [0.717, 1.165) is 5.56 Å². The Morgan fingerprint density at radius 3 is 2.91 bits per heavy atom. The Balaban J connectivity index is 2.78. The average Bonchev–Trinajstić information content (AvgIpc) is 2.36. The highest BCUT2D eigenvalue weighted by atomic mass is 16.4. The molecule has 62 valence electrons. The van der Waals surface area contributed by atoms with Crippen LogP contribution < -0.4 is 0 Å². The molecule has 0 spiro atoms. The molecule has 1 rings (SSSR count). The van der Waals surface area contributed by atoms with Crippen molar-refractivity contribution in [2.24, 2.45) is 0 Å². The van der Waals surface area contributed by atoms with Gasteiger partial charge in [-0.15, -0.1) is 0 Å². The van der Waals surface area contributed by atoms with Crippen LogP contribution in [0.4, 0.5) is 0 Å². The van der Waals surface area contributed by atoms with Crippen molar-refractivity contribution in [2.75, 3.05) is 6.61 Å². The number of rotatable bonds is 3. The Morgan fingerprint density at radius 2 is 2.36 bits per heavy atom. The highest BCUT2D eigenvalue weighted by Crippen LogP contribution is 2.18. The van der Waals surface area contributed by atoms with Gasteiger partial charge in [0.1, 0.15) is 11.9 Å². The molecule has 0 aliphatic heterocycles. The molecule has 0 aromatic carbocycles. The minimum absolute atomic E-state index is 0.0826. The van der Waals surface area contributed by atoms with Crippen LogP contribution in [0, 0.1) is 0 Å². The van der Waals surface area contributed by atoms with Crippen LogP contribution in [0.2, 0.25) is 0 Å². The monoisotopic (exact) mass is 156 g/mol. The first-order valence-electron chi connectivity index (χ1n) is 3.61. The quantitative estimate of drug-likeness (QED) is 0.682. The largest absolute Gasteiger partial charge is 0.466 e. The van der Waals surface area contributed by atoms with Gasteiger partial charge in [-0.1, -0.05) is 0 Å². The van der Waals surface area contributed by atoms with Crippen LogP contribution in [0.15, 0.2) is 16.7 Å². The Labute approximate surface area is 65.3 Å². The molecule has 11 heavy (non-hydrogen) atoms. The van der Waals surface area contributed by atoms with Crippen molar-refractivity contribution in [1.82, 2.24) is 0 Å². The average molecular weight is 156 g/mol. The van der Waals surface area contributed by atoms with Gasteiger partial charge in [-0.25, -0.2) is 0 Å². The topological polar surface area (TPSA) is 53.6 Å². The molecule has 0 radical (unpaired) electrons. The van der Waals surface area contributed by atoms with E-state index in [1.54, 1.807) is 13.0 Å². The molecule has 2 N–H and O–H groups in total. The zero-order valence-corrected chi connectivity index (χ0v) is 6.45. The molecule has 0 aliphatic rings. The number of aliphatic hydroxyl groups is 2. The lowest BCUT2D eigenvalue weighted by Gasteiger charge is -2.02. The van der Waals surface area contributed by atoms with Crippen molar-refractivity contribution in [2.45, 2.75) is 19.4 Å². The molecule has 3 nitrogen and oxygen atoms in total. The lowest BCUT2D eigenvalue weighted by atomic mass is 10.1. The molecular formula is C8H12O3. The number of hydrogen-bond acceptors (Lipinski definition) is 3. The minimum Gasteiger partial charge on any atom is -0.466 e. The van der Waals surface area contributed by atoms with Crippen molar-refractivity contribution in [3.05, 3.63) is 23.7 Å². The smallest absolute Gasteiger partial charge is 0.135 e. The number of aliphatic hydroxyl groups excluding tert-OH is 2. The van der Waals surface area contributed by atoms with E-state index in [1.807, 2.05) is 0 Å². The number of furan rings is 1. The van der Waals surface area contributed by atoms with Crippen LogP contribution in [-0.2, 0) is 6.42 Å². The molecule has 1 unspecified atom stereocenters. The van der Waals surface area contributed by atoms with Crippen molar-refractivity contribution in [3.63, 3.8) is 0 Å². The van der Waals surface area contributed by atoms with Gasteiger partial charge >= 0.3 is 0 Å². The Hall–Kier alpha value is -0.800. The van der Waals surface area contributed by atoms with Gasteiger partial charge in [-0.3, -0.25) is 0 Å². The first-order valence-corrected chi connectivity index (χ1v) is 3.61. The van der Waals surface area contributed by atoms with E-state index < -0.39 is 6.10 Å². The summed E-state index contributed by atoms with van der Waals surface area (Å²) in [5.41, 5.74) is 0.877. The second-order valence-corrected chi connectivity index (χ2v) is 2.46. The van der Waals surface area contributed by atoms with Crippen LogP contribution in [0.25, 0.3) is 0 Å². The van der Waals surface area contributed by atoms with E-state index >= 15 is 0 Å². The highest BCUT2D eigenvalue weighted by molar-refractivity contribution is 5.18. The van der Waals surface area contributed by atoms with Crippen LogP contribution in [0.5, 0.6) is 0 Å². The van der Waals surface area contributed by atoms with Crippen molar-refractivity contribution >= 4 is 0 Å². The lowest BCUT2D eigenvalue weighted by Crippen LogP contribution is -1.96. The molecule has 0 fully saturated rings. The highest BCUT2D eigenvalue weighted by Gasteiger charge is 2.10. The second kappa shape index (κ2) is 3.55. The SMILES string of the molecule is CC(O)c1occc1CCO. The van der Waals surface area contributed by atoms with E-state index in [9.17, 15) is 0 Å². The summed E-state index contributed by atoms with van der Waals surface area (Å²) in [6.45, 7) is 1.72. The summed E-state index contributed by atoms with van der Waals surface area (Å²) in [6.07, 6.45) is 1.47. The minimum atomic E-state index is -0.591. The van der Waals surface area contributed by atoms with E-state index in [1.165, 1.54) is 6.26 Å². The van der Waals surface area contributed by atoms with Gasteiger partial charge < -0.3 is 14.6 Å². The second-order valence-electron chi connectivity index (χ2n) is 2.46. The molecule has 1 atom stereocenters. The molecule has 3 heteroatoms. The molecule has 0 saturated carbocycles. The summed E-state index contributed by atoms with van der Waals surface area (Å²) < 4.78 is 5.02. The summed E-state index contributed by atoms with van der Waals surface area (Å²) in [5.74, 6) is 0.555. The third kappa shape index (κ3) is 1.82. The molecule has 0 aliphatic carbocycles. The predicted molar refractivity (Wildman–Crippen MR) is 40.1 cm³/mol. The summed E-state index contributed by atoms with van der Waals surface area (Å²) in [6, 6.07) is 1.76. The summed E-state index contributed by atoms with van der Waals surface area (Å²) in [5, 5.41) is 17.8. The molecule has 1 aromatic heterocycles. The fourth-order valence-corrected chi connectivity index (χ4v) is 1.04. The first kappa shape index (κ1) is 8.30. The van der Waals surface area contributed by atoms with Crippen molar-refractivity contribution < 1.29 is 14.6 Å². The van der Waals surface area contributed by atoms with Gasteiger partial charge in [0.05, 0.1) is 6.26 Å². The van der Waals surface area contributed by atoms with Gasteiger partial charge in [0, 0.05) is 6.61 Å². The maximum Gasteiger partial charge on any atom is 0.135 e. The molecule has 1 aromatic rings. The maximum atomic E-state index is 9.14. The van der Waals surface area contributed by atoms with Crippen LogP contribution in [-0.4, -0.2) is 16.8 Å². The standard InChI is InChI=1S/C8H12O3/c1-6(10)8-7(2-4-9)3-5-11-8/h3,5-6,9-10H,2,4H2,1H3. The molecule has 1 heterocycles. The zero-order valence-electron chi connectivity index (χ0n) is 6.45. The molecule has 0 amide bonds. The summed E-state index contributed by atoms with van der Waals surface area (Å²) in [7, 11) is 0. The zero-order chi connectivity index (χ0) is 8.27. The Bertz CT molecular complexity index is 215. The van der Waals surface area contributed by atoms with Crippen molar-refractivity contribution in [1.29, 1.82) is 0 Å². The van der Waals surface area contributed by atoms with E-state index in [0.29, 0.717) is 12.2 Å².